The van der Waals surface area contributed by atoms with Crippen LogP contribution in [0.15, 0.2) is 0 Å². The van der Waals surface area contributed by atoms with Gasteiger partial charge in [0, 0.05) is 12.1 Å². The van der Waals surface area contributed by atoms with E-state index in [4.69, 9.17) is 5.73 Å². The topological polar surface area (TPSA) is 58.4 Å². The summed E-state index contributed by atoms with van der Waals surface area (Å²) in [5, 5.41) is 3.21. The number of amides is 1. The number of nitrogens with one attached hydrogen (secondary N) is 1. The molecule has 1 saturated carbocycles. The summed E-state index contributed by atoms with van der Waals surface area (Å²) in [6.45, 7) is 4.33. The molecule has 3 atom stereocenters. The maximum atomic E-state index is 12.3. The van der Waals surface area contributed by atoms with Crippen LogP contribution in [0.5, 0.6) is 0 Å². The monoisotopic (exact) mass is 253 g/mol. The van der Waals surface area contributed by atoms with Crippen molar-refractivity contribution in [1.29, 1.82) is 0 Å². The lowest BCUT2D eigenvalue weighted by molar-refractivity contribution is -0.128. The third kappa shape index (κ3) is 3.23. The van der Waals surface area contributed by atoms with Gasteiger partial charge in [0.25, 0.3) is 0 Å². The number of likely N-dealkylation sites (tertiary alicyclic amines) is 1. The minimum absolute atomic E-state index is 0.0356. The van der Waals surface area contributed by atoms with Crippen molar-refractivity contribution < 1.29 is 4.79 Å². The number of piperidine rings is 1. The Kier molecular flexibility index (Phi) is 4.62. The van der Waals surface area contributed by atoms with Crippen LogP contribution < -0.4 is 11.1 Å². The fourth-order valence-corrected chi connectivity index (χ4v) is 3.21. The Morgan fingerprint density at radius 3 is 2.56 bits per heavy atom. The predicted molar refractivity (Wildman–Crippen MR) is 73.1 cm³/mol. The van der Waals surface area contributed by atoms with Crippen LogP contribution in [0.1, 0.15) is 39.0 Å². The van der Waals surface area contributed by atoms with E-state index in [1.54, 1.807) is 0 Å². The van der Waals surface area contributed by atoms with Gasteiger partial charge in [0.05, 0.1) is 5.92 Å². The number of rotatable bonds is 2. The normalized spacial score (nSPS) is 35.4. The van der Waals surface area contributed by atoms with Crippen LogP contribution in [0.3, 0.4) is 0 Å². The Morgan fingerprint density at radius 1 is 1.22 bits per heavy atom. The maximum absolute atomic E-state index is 12.3. The highest BCUT2D eigenvalue weighted by molar-refractivity contribution is 5.79. The largest absolute Gasteiger partial charge is 0.353 e. The van der Waals surface area contributed by atoms with Crippen molar-refractivity contribution in [2.24, 2.45) is 17.6 Å². The van der Waals surface area contributed by atoms with Crippen molar-refractivity contribution in [3.63, 3.8) is 0 Å². The van der Waals surface area contributed by atoms with Crippen LogP contribution in [0.4, 0.5) is 0 Å². The second kappa shape index (κ2) is 6.02. The summed E-state index contributed by atoms with van der Waals surface area (Å²) in [7, 11) is 2.14. The van der Waals surface area contributed by atoms with Crippen molar-refractivity contribution in [3.8, 4) is 0 Å². The molecule has 1 saturated heterocycles. The molecular formula is C14H27N3O. The lowest BCUT2D eigenvalue weighted by Crippen LogP contribution is -2.51. The zero-order valence-corrected chi connectivity index (χ0v) is 11.7. The summed E-state index contributed by atoms with van der Waals surface area (Å²) >= 11 is 0. The molecule has 1 aliphatic heterocycles. The van der Waals surface area contributed by atoms with E-state index in [1.807, 2.05) is 0 Å². The molecule has 0 bridgehead atoms. The van der Waals surface area contributed by atoms with Crippen LogP contribution >= 0.6 is 0 Å². The minimum Gasteiger partial charge on any atom is -0.353 e. The first-order valence-electron chi connectivity index (χ1n) is 7.32. The Labute approximate surface area is 110 Å². The van der Waals surface area contributed by atoms with E-state index in [0.717, 1.165) is 38.8 Å². The average Bonchev–Trinajstić information content (AvgIpc) is 2.35. The van der Waals surface area contributed by atoms with Gasteiger partial charge >= 0.3 is 0 Å². The lowest BCUT2D eigenvalue weighted by Gasteiger charge is -2.35. The molecule has 4 nitrogen and oxygen atoms in total. The summed E-state index contributed by atoms with van der Waals surface area (Å²) in [5.74, 6) is 0.712. The van der Waals surface area contributed by atoms with Crippen molar-refractivity contribution in [2.45, 2.75) is 51.1 Å². The molecule has 0 aromatic rings. The maximum Gasteiger partial charge on any atom is 0.224 e. The Hall–Kier alpha value is -0.610. The predicted octanol–water partition coefficient (Wildman–Crippen LogP) is 0.960. The fraction of sp³-hybridized carbons (Fsp3) is 0.929. The smallest absolute Gasteiger partial charge is 0.224 e. The van der Waals surface area contributed by atoms with Gasteiger partial charge in [0.1, 0.15) is 0 Å². The fourth-order valence-electron chi connectivity index (χ4n) is 3.21. The molecule has 1 heterocycles. The van der Waals surface area contributed by atoms with Crippen LogP contribution in [0.25, 0.3) is 0 Å². The molecule has 0 aromatic heterocycles. The van der Waals surface area contributed by atoms with Crippen LogP contribution in [0.2, 0.25) is 0 Å². The highest BCUT2D eigenvalue weighted by Crippen LogP contribution is 2.28. The van der Waals surface area contributed by atoms with E-state index in [1.165, 1.54) is 6.42 Å². The first-order valence-corrected chi connectivity index (χ1v) is 7.32. The van der Waals surface area contributed by atoms with Crippen LogP contribution in [-0.4, -0.2) is 43.0 Å². The van der Waals surface area contributed by atoms with Gasteiger partial charge in [0.2, 0.25) is 5.91 Å². The van der Waals surface area contributed by atoms with Crippen LogP contribution in [0, 0.1) is 11.8 Å². The molecule has 1 aliphatic carbocycles. The van der Waals surface area contributed by atoms with E-state index in [9.17, 15) is 4.79 Å². The number of carbonyl (C=O) groups is 1. The summed E-state index contributed by atoms with van der Waals surface area (Å²) in [4.78, 5) is 14.6. The second-order valence-electron chi connectivity index (χ2n) is 6.18. The van der Waals surface area contributed by atoms with Gasteiger partial charge in [-0.3, -0.25) is 4.79 Å². The van der Waals surface area contributed by atoms with E-state index in [-0.39, 0.29) is 17.9 Å². The highest BCUT2D eigenvalue weighted by Gasteiger charge is 2.33. The van der Waals surface area contributed by atoms with Gasteiger partial charge < -0.3 is 16.0 Å². The van der Waals surface area contributed by atoms with E-state index in [0.29, 0.717) is 12.0 Å². The highest BCUT2D eigenvalue weighted by atomic mass is 16.2. The number of hydrogen-bond acceptors (Lipinski definition) is 3. The van der Waals surface area contributed by atoms with Crippen molar-refractivity contribution in [3.05, 3.63) is 0 Å². The second-order valence-corrected chi connectivity index (χ2v) is 6.18. The van der Waals surface area contributed by atoms with Crippen molar-refractivity contribution in [1.82, 2.24) is 10.2 Å². The number of nitrogens with two attached hydrogens (primary N) is 1. The van der Waals surface area contributed by atoms with Crippen molar-refractivity contribution in [2.75, 3.05) is 20.1 Å². The lowest BCUT2D eigenvalue weighted by atomic mass is 9.77. The summed E-state index contributed by atoms with van der Waals surface area (Å²) in [6.07, 6.45) is 5.41. The first kappa shape index (κ1) is 13.8. The molecule has 2 aliphatic rings. The van der Waals surface area contributed by atoms with Crippen LogP contribution in [-0.2, 0) is 4.79 Å². The van der Waals surface area contributed by atoms with E-state index in [2.05, 4.69) is 24.2 Å². The Balaban J connectivity index is 1.83. The molecular weight excluding hydrogens is 226 g/mol. The molecule has 3 unspecified atom stereocenters. The molecule has 0 radical (unpaired) electrons. The number of carbonyl (C=O) groups excluding carboxylic acids is 1. The number of nitrogens with zero attached hydrogens (tertiary/aromatic N) is 1. The molecule has 2 fully saturated rings. The third-order valence-corrected chi connectivity index (χ3v) is 4.70. The molecule has 4 heteroatoms. The summed E-state index contributed by atoms with van der Waals surface area (Å²) in [6, 6.07) is 0.406. The van der Waals surface area contributed by atoms with Crippen molar-refractivity contribution >= 4 is 5.91 Å². The first-order chi connectivity index (χ1) is 8.58. The van der Waals surface area contributed by atoms with Gasteiger partial charge in [-0.1, -0.05) is 13.3 Å². The van der Waals surface area contributed by atoms with E-state index >= 15 is 0 Å². The van der Waals surface area contributed by atoms with Gasteiger partial charge in [-0.05, 0) is 51.7 Å². The SMILES string of the molecule is CC1CCCC(C(=O)NC2CCN(C)CC2)C1N. The molecule has 1 amide bonds. The molecule has 104 valence electrons. The van der Waals surface area contributed by atoms with Gasteiger partial charge in [-0.15, -0.1) is 0 Å². The molecule has 0 spiro atoms. The average molecular weight is 253 g/mol. The molecule has 2 rings (SSSR count). The third-order valence-electron chi connectivity index (χ3n) is 4.70. The summed E-state index contributed by atoms with van der Waals surface area (Å²) in [5.41, 5.74) is 6.18. The van der Waals surface area contributed by atoms with E-state index < -0.39 is 0 Å². The van der Waals surface area contributed by atoms with Gasteiger partial charge in [0.15, 0.2) is 0 Å². The number of hydrogen-bond donors (Lipinski definition) is 2. The molecule has 3 N–H and O–H groups in total. The standard InChI is InChI=1S/C14H27N3O/c1-10-4-3-5-12(13(10)15)14(18)16-11-6-8-17(2)9-7-11/h10-13H,3-9,15H2,1-2H3,(H,16,18). The van der Waals surface area contributed by atoms with Gasteiger partial charge in [-0.2, -0.15) is 0 Å². The zero-order chi connectivity index (χ0) is 13.1. The minimum atomic E-state index is 0.0356. The molecule has 0 aromatic carbocycles. The summed E-state index contributed by atoms with van der Waals surface area (Å²) < 4.78 is 0. The Bertz CT molecular complexity index is 287. The molecule has 18 heavy (non-hydrogen) atoms. The quantitative estimate of drug-likeness (QED) is 0.770. The van der Waals surface area contributed by atoms with Gasteiger partial charge in [-0.25, -0.2) is 0 Å². The Morgan fingerprint density at radius 2 is 1.89 bits per heavy atom. The zero-order valence-electron chi connectivity index (χ0n) is 11.7.